The number of benzene rings is 2. The number of fused-ring (bicyclic) bond motifs is 1. The molecule has 188 valence electrons. The molecular weight excluding hydrogens is 446 g/mol. The number of hydrogen-bond acceptors (Lipinski definition) is 5. The maximum Gasteiger partial charge on any atom is 0.338 e. The summed E-state index contributed by atoms with van der Waals surface area (Å²) in [6, 6.07) is 15.0. The fourth-order valence-corrected chi connectivity index (χ4v) is 4.53. The minimum Gasteiger partial charge on any atom is -0.481 e. The third kappa shape index (κ3) is 8.10. The van der Waals surface area contributed by atoms with Crippen molar-refractivity contribution in [3.63, 3.8) is 0 Å². The van der Waals surface area contributed by atoms with Gasteiger partial charge in [0.05, 0.1) is 12.2 Å². The highest BCUT2D eigenvalue weighted by molar-refractivity contribution is 5.92. The van der Waals surface area contributed by atoms with Crippen molar-refractivity contribution >= 4 is 23.7 Å². The van der Waals surface area contributed by atoms with Crippen LogP contribution in [-0.4, -0.2) is 54.2 Å². The summed E-state index contributed by atoms with van der Waals surface area (Å²) in [6.07, 6.45) is 4.76. The monoisotopic (exact) mass is 481 g/mol. The number of rotatable bonds is 12. The molecular formula is C27H35N3O5. The molecule has 0 bridgehead atoms. The molecule has 1 unspecified atom stereocenters. The van der Waals surface area contributed by atoms with Crippen molar-refractivity contribution in [2.45, 2.75) is 51.5 Å². The lowest BCUT2D eigenvalue weighted by Gasteiger charge is -2.36. The summed E-state index contributed by atoms with van der Waals surface area (Å²) < 4.78 is 4.96. The molecule has 2 amide bonds. The van der Waals surface area contributed by atoms with Gasteiger partial charge in [-0.3, -0.25) is 9.69 Å². The Morgan fingerprint density at radius 1 is 1.06 bits per heavy atom. The van der Waals surface area contributed by atoms with Crippen LogP contribution < -0.4 is 10.6 Å². The topological polar surface area (TPSA) is 108 Å². The first kappa shape index (κ1) is 26.2. The van der Waals surface area contributed by atoms with Gasteiger partial charge in [-0.05, 0) is 81.0 Å². The summed E-state index contributed by atoms with van der Waals surface area (Å²) in [5.74, 6) is -1.17. The number of aryl methyl sites for hydroxylation is 1. The smallest absolute Gasteiger partial charge is 0.338 e. The first-order valence-corrected chi connectivity index (χ1v) is 12.3. The summed E-state index contributed by atoms with van der Waals surface area (Å²) >= 11 is 0. The number of esters is 1. The first-order valence-electron chi connectivity index (χ1n) is 12.3. The molecule has 0 aromatic heterocycles. The fraction of sp³-hybridized carbons (Fsp3) is 0.444. The van der Waals surface area contributed by atoms with E-state index in [0.717, 1.165) is 32.2 Å². The normalized spacial score (nSPS) is 14.7. The number of carboxylic acids is 1. The molecule has 0 saturated heterocycles. The van der Waals surface area contributed by atoms with E-state index >= 15 is 0 Å². The fourth-order valence-electron chi connectivity index (χ4n) is 4.53. The van der Waals surface area contributed by atoms with Crippen LogP contribution in [0.25, 0.3) is 0 Å². The zero-order valence-corrected chi connectivity index (χ0v) is 20.3. The number of carbonyl (C=O) groups excluding carboxylic acids is 2. The molecule has 0 fully saturated rings. The maximum absolute atomic E-state index is 12.3. The molecule has 8 heteroatoms. The van der Waals surface area contributed by atoms with Gasteiger partial charge < -0.3 is 20.5 Å². The van der Waals surface area contributed by atoms with Gasteiger partial charge in [0, 0.05) is 31.2 Å². The van der Waals surface area contributed by atoms with Crippen LogP contribution in [0.3, 0.4) is 0 Å². The molecule has 3 N–H and O–H groups in total. The summed E-state index contributed by atoms with van der Waals surface area (Å²) in [4.78, 5) is 37.4. The largest absolute Gasteiger partial charge is 0.481 e. The van der Waals surface area contributed by atoms with Gasteiger partial charge in [0.2, 0.25) is 0 Å². The zero-order valence-electron chi connectivity index (χ0n) is 20.3. The Labute approximate surface area is 206 Å². The van der Waals surface area contributed by atoms with E-state index in [1.165, 1.54) is 11.1 Å². The van der Waals surface area contributed by atoms with E-state index in [-0.39, 0.29) is 18.5 Å². The standard InChI is InChI=1S/C27H35N3O5/c1-2-35-26(33)21-13-15-22(16-14-21)29-27(34)28-17-7-19-30(18-6-12-25(31)32)24-11-5-9-20-8-3-4-10-23(20)24/h3-4,8,10,13-16,24H,2,5-7,9,11-12,17-19H2,1H3,(H,31,32)(H2,28,29,34). The van der Waals surface area contributed by atoms with Crippen LogP contribution in [0.1, 0.15) is 66.6 Å². The summed E-state index contributed by atoms with van der Waals surface area (Å²) in [7, 11) is 0. The minimum atomic E-state index is -0.775. The molecule has 8 nitrogen and oxygen atoms in total. The van der Waals surface area contributed by atoms with Crippen LogP contribution >= 0.6 is 0 Å². The van der Waals surface area contributed by atoms with Gasteiger partial charge in [-0.15, -0.1) is 0 Å². The van der Waals surface area contributed by atoms with Crippen LogP contribution in [0, 0.1) is 0 Å². The number of amides is 2. The van der Waals surface area contributed by atoms with Crippen molar-refractivity contribution in [1.82, 2.24) is 10.2 Å². The number of carbonyl (C=O) groups is 3. The van der Waals surface area contributed by atoms with Crippen molar-refractivity contribution in [1.29, 1.82) is 0 Å². The lowest BCUT2D eigenvalue weighted by molar-refractivity contribution is -0.137. The Balaban J connectivity index is 1.49. The van der Waals surface area contributed by atoms with Gasteiger partial charge in [-0.2, -0.15) is 0 Å². The Bertz CT molecular complexity index is 993. The average molecular weight is 482 g/mol. The van der Waals surface area contributed by atoms with Crippen molar-refractivity contribution in [2.24, 2.45) is 0 Å². The van der Waals surface area contributed by atoms with Crippen LogP contribution in [0.5, 0.6) is 0 Å². The van der Waals surface area contributed by atoms with Crippen LogP contribution in [0.4, 0.5) is 10.5 Å². The number of nitrogens with one attached hydrogen (secondary N) is 2. The van der Waals surface area contributed by atoms with Gasteiger partial charge >= 0.3 is 18.0 Å². The van der Waals surface area contributed by atoms with Gasteiger partial charge in [-0.25, -0.2) is 9.59 Å². The molecule has 0 aliphatic heterocycles. The molecule has 0 saturated carbocycles. The molecule has 2 aromatic rings. The predicted octanol–water partition coefficient (Wildman–Crippen LogP) is 4.62. The van der Waals surface area contributed by atoms with E-state index in [4.69, 9.17) is 9.84 Å². The van der Waals surface area contributed by atoms with Crippen LogP contribution in [0.2, 0.25) is 0 Å². The second-order valence-electron chi connectivity index (χ2n) is 8.67. The average Bonchev–Trinajstić information content (AvgIpc) is 2.85. The van der Waals surface area contributed by atoms with E-state index in [1.807, 2.05) is 0 Å². The van der Waals surface area contributed by atoms with Gasteiger partial charge in [0.25, 0.3) is 0 Å². The van der Waals surface area contributed by atoms with Crippen molar-refractivity contribution < 1.29 is 24.2 Å². The van der Waals surface area contributed by atoms with E-state index < -0.39 is 11.9 Å². The third-order valence-corrected chi connectivity index (χ3v) is 6.18. The molecule has 1 aliphatic carbocycles. The molecule has 0 radical (unpaired) electrons. The second-order valence-corrected chi connectivity index (χ2v) is 8.67. The number of ether oxygens (including phenoxy) is 1. The molecule has 35 heavy (non-hydrogen) atoms. The number of carboxylic acid groups (broad SMARTS) is 1. The van der Waals surface area contributed by atoms with Crippen LogP contribution in [-0.2, 0) is 16.0 Å². The van der Waals surface area contributed by atoms with E-state index in [0.29, 0.717) is 37.4 Å². The Hall–Kier alpha value is -3.39. The second kappa shape index (κ2) is 13.5. The van der Waals surface area contributed by atoms with Gasteiger partial charge in [-0.1, -0.05) is 24.3 Å². The molecule has 2 aromatic carbocycles. The van der Waals surface area contributed by atoms with E-state index in [2.05, 4.69) is 39.8 Å². The Kier molecular flexibility index (Phi) is 10.1. The maximum atomic E-state index is 12.3. The van der Waals surface area contributed by atoms with E-state index in [1.54, 1.807) is 31.2 Å². The zero-order chi connectivity index (χ0) is 25.0. The van der Waals surface area contributed by atoms with E-state index in [9.17, 15) is 14.4 Å². The number of urea groups is 1. The summed E-state index contributed by atoms with van der Waals surface area (Å²) in [6.45, 7) is 4.04. The van der Waals surface area contributed by atoms with Crippen molar-refractivity contribution in [3.05, 3.63) is 65.2 Å². The number of anilines is 1. The van der Waals surface area contributed by atoms with Gasteiger partial charge in [0.15, 0.2) is 0 Å². The van der Waals surface area contributed by atoms with Crippen molar-refractivity contribution in [3.8, 4) is 0 Å². The molecule has 3 rings (SSSR count). The number of hydrogen-bond donors (Lipinski definition) is 3. The van der Waals surface area contributed by atoms with Crippen molar-refractivity contribution in [2.75, 3.05) is 31.6 Å². The quantitative estimate of drug-likeness (QED) is 0.302. The highest BCUT2D eigenvalue weighted by Crippen LogP contribution is 2.34. The van der Waals surface area contributed by atoms with Gasteiger partial charge in [0.1, 0.15) is 0 Å². The highest BCUT2D eigenvalue weighted by Gasteiger charge is 2.25. The molecule has 1 aliphatic rings. The lowest BCUT2D eigenvalue weighted by Crippen LogP contribution is -2.36. The molecule has 0 spiro atoms. The predicted molar refractivity (Wildman–Crippen MR) is 135 cm³/mol. The Morgan fingerprint density at radius 3 is 2.54 bits per heavy atom. The summed E-state index contributed by atoms with van der Waals surface area (Å²) in [5.41, 5.74) is 3.74. The Morgan fingerprint density at radius 2 is 1.80 bits per heavy atom. The lowest BCUT2D eigenvalue weighted by atomic mass is 9.86. The SMILES string of the molecule is CCOC(=O)c1ccc(NC(=O)NCCCN(CCCC(=O)O)C2CCCc3ccccc32)cc1. The highest BCUT2D eigenvalue weighted by atomic mass is 16.5. The minimum absolute atomic E-state index is 0.153. The van der Waals surface area contributed by atoms with Crippen LogP contribution in [0.15, 0.2) is 48.5 Å². The molecule has 0 heterocycles. The number of aliphatic carboxylic acids is 1. The number of nitrogens with zero attached hydrogens (tertiary/aromatic N) is 1. The first-order chi connectivity index (χ1) is 17.0. The molecule has 1 atom stereocenters. The third-order valence-electron chi connectivity index (χ3n) is 6.18. The summed E-state index contributed by atoms with van der Waals surface area (Å²) in [5, 5.41) is 14.7.